The van der Waals surface area contributed by atoms with Crippen molar-refractivity contribution in [2.45, 2.75) is 85.5 Å². The zero-order valence-electron chi connectivity index (χ0n) is 81.7. The molecule has 0 saturated carbocycles. The van der Waals surface area contributed by atoms with E-state index < -0.39 is 0 Å². The summed E-state index contributed by atoms with van der Waals surface area (Å²) in [5.74, 6) is 9.60. The van der Waals surface area contributed by atoms with Gasteiger partial charge >= 0.3 is 11.9 Å². The van der Waals surface area contributed by atoms with Gasteiger partial charge in [0.15, 0.2) is 11.5 Å². The summed E-state index contributed by atoms with van der Waals surface area (Å²) in [6.07, 6.45) is 3.33. The second-order valence-electron chi connectivity index (χ2n) is 37.7. The smallest absolute Gasteiger partial charge is 0.338 e. The van der Waals surface area contributed by atoms with E-state index in [2.05, 4.69) is 84.9 Å². The van der Waals surface area contributed by atoms with Crippen molar-refractivity contribution in [2.75, 3.05) is 185 Å². The minimum Gasteiger partial charge on any atom is -0.491 e. The molecule has 30 nitrogen and oxygen atoms in total. The van der Waals surface area contributed by atoms with Crippen LogP contribution in [0.1, 0.15) is 20.7 Å². The monoisotopic (exact) mass is 2010 g/mol. The predicted molar refractivity (Wildman–Crippen MR) is 546 cm³/mol. The molecule has 0 amide bonds. The van der Waals surface area contributed by atoms with E-state index in [1.165, 1.54) is 5.39 Å². The Hall–Kier alpha value is -13.6. The lowest BCUT2D eigenvalue weighted by atomic mass is 10.0. The van der Waals surface area contributed by atoms with Gasteiger partial charge in [-0.25, -0.2) is 9.59 Å². The van der Waals surface area contributed by atoms with Crippen molar-refractivity contribution >= 4 is 65.8 Å². The van der Waals surface area contributed by atoms with Crippen molar-refractivity contribution in [3.63, 3.8) is 0 Å². The van der Waals surface area contributed by atoms with Crippen molar-refractivity contribution in [1.82, 2.24) is 0 Å². The van der Waals surface area contributed by atoms with Crippen LogP contribution in [0.25, 0.3) is 76.1 Å². The van der Waals surface area contributed by atoms with Gasteiger partial charge in [-0.3, -0.25) is 0 Å². The summed E-state index contributed by atoms with van der Waals surface area (Å²) >= 11 is 0. The van der Waals surface area contributed by atoms with Crippen molar-refractivity contribution in [3.05, 3.63) is 290 Å². The van der Waals surface area contributed by atoms with Crippen LogP contribution in [0.2, 0.25) is 0 Å². The zero-order valence-corrected chi connectivity index (χ0v) is 81.7. The SMILES string of the molecule is O=C(OCC1CO1)c1ccc(-c2ccc(C(=O)OCC3CO3)cc2)cc1.c1cc(-c2ccc(OCC3CO3)cc2)ccc1OCC1CO1.c1cc(OCC2CO2)c2cc(OCC3CO3)ccc2c1.c1cc(OCC2CO2)c2cccc(OCC3CO3)c2c1.c1cc2cc(OCC3CO3)ccc2cc1OCC1CO1.c1cc2ccc(OCC3CO3)cc2cc1OCC1CO1.c1ccc2cc(OCC3CO3)c(OCC3CO3)cc2c1. The Morgan fingerprint density at radius 1 is 0.176 bits per heavy atom. The van der Waals surface area contributed by atoms with Gasteiger partial charge in [0, 0.05) is 16.2 Å². The lowest BCUT2D eigenvalue weighted by Gasteiger charge is -2.13. The van der Waals surface area contributed by atoms with Crippen LogP contribution in [0, 0.1) is 0 Å². The number of carbonyl (C=O) groups excluding carboxylic acids is 2. The molecule has 30 heteroatoms. The third-order valence-electron chi connectivity index (χ3n) is 25.3. The first kappa shape index (κ1) is 99.0. The molecule has 14 heterocycles. The lowest BCUT2D eigenvalue weighted by Crippen LogP contribution is -2.10. The van der Waals surface area contributed by atoms with E-state index in [9.17, 15) is 9.59 Å². The Morgan fingerprint density at radius 3 is 0.696 bits per heavy atom. The maximum atomic E-state index is 11.9. The quantitative estimate of drug-likeness (QED) is 0.0253. The van der Waals surface area contributed by atoms with Crippen LogP contribution in [-0.2, 0) is 75.8 Å². The fourth-order valence-corrected chi connectivity index (χ4v) is 15.3. The lowest BCUT2D eigenvalue weighted by molar-refractivity contribution is 0.0468. The number of rotatable bonds is 44. The summed E-state index contributed by atoms with van der Waals surface area (Å²) < 4.78 is 151. The van der Waals surface area contributed by atoms with Crippen LogP contribution >= 0.6 is 0 Å². The third-order valence-corrected chi connectivity index (χ3v) is 25.3. The van der Waals surface area contributed by atoms with Crippen LogP contribution in [0.4, 0.5) is 0 Å². The fourth-order valence-electron chi connectivity index (χ4n) is 15.3. The molecule has 14 aromatic carbocycles. The number of esters is 2. The number of hydrogen-bond acceptors (Lipinski definition) is 30. The molecule has 14 aromatic rings. The molecular formula is C118H116O30. The molecule has 14 atom stereocenters. The highest BCUT2D eigenvalue weighted by Crippen LogP contribution is 2.39. The molecule has 0 N–H and O–H groups in total. The van der Waals surface area contributed by atoms with Crippen LogP contribution in [0.15, 0.2) is 279 Å². The summed E-state index contributed by atoms with van der Waals surface area (Å²) in [4.78, 5) is 23.8. The van der Waals surface area contributed by atoms with Crippen LogP contribution in [0.5, 0.6) is 69.0 Å². The van der Waals surface area contributed by atoms with E-state index in [1.807, 2.05) is 170 Å². The number of carbonyl (C=O) groups is 2. The Bertz CT molecular complexity index is 6370. The number of benzene rings is 14. The maximum absolute atomic E-state index is 11.9. The standard InChI is InChI=1S/C20H18O6.C18H18O4.5C16H16O4/c21-19(25-11-17-9-23-17)15-5-1-13(2-6-15)14-3-7-16(8-4-14)20(22)26-12-18-10-24-18;1-5-15(19-9-17-11-21-17)6-2-13(1)14-3-7-16(8-4-14)20-10-18-12-22-18;1-3-13(17-7-15-9-19-15)6-12-2-4-14(5-11(1)12)18-8-16-10-20-16;1-3-13(17-7-15-9-19-15)5-12-6-14(4-2-11(1)12)18-8-16-10-20-16;1-3-13-14(15(5-1)19-9-11-7-17-11)4-2-6-16(13)20-10-12-8-18-12;1-2-11-4-5-12(17-7-13-8-18-13)6-15(11)16(3-1)20-10-14-9-19-14;1-2-4-12-6-16(20-10-14-8-18-14)15(5-11(12)3-1)19-9-13-7-17-13/h1-8,17-18H,9-12H2;1-8,17-18H,9-12H2;2*1-6,15-16H,7-10H2;1-6,11-12H,7-10H2;2*1-6,13-14H,7-10H2. The van der Waals surface area contributed by atoms with Gasteiger partial charge in [-0.1, -0.05) is 140 Å². The number of epoxide rings is 14. The highest BCUT2D eigenvalue weighted by atomic mass is 16.7. The second kappa shape index (κ2) is 48.1. The highest BCUT2D eigenvalue weighted by Gasteiger charge is 2.34. The molecule has 148 heavy (non-hydrogen) atoms. The maximum Gasteiger partial charge on any atom is 0.338 e. The van der Waals surface area contributed by atoms with Crippen LogP contribution < -0.4 is 56.8 Å². The van der Waals surface area contributed by atoms with E-state index in [4.69, 9.17) is 133 Å². The largest absolute Gasteiger partial charge is 0.491 e. The first-order valence-electron chi connectivity index (χ1n) is 50.5. The normalized spacial score (nSPS) is 22.8. The van der Waals surface area contributed by atoms with E-state index in [1.54, 1.807) is 24.3 Å². The average molecular weight is 2010 g/mol. The molecule has 14 fully saturated rings. The van der Waals surface area contributed by atoms with Crippen molar-refractivity contribution < 1.29 is 142 Å². The Kier molecular flexibility index (Phi) is 32.2. The molecule has 768 valence electrons. The number of fused-ring (bicyclic) bond motifs is 5. The van der Waals surface area contributed by atoms with E-state index >= 15 is 0 Å². The molecule has 28 rings (SSSR count). The molecule has 14 saturated heterocycles. The molecule has 14 aliphatic rings. The Labute approximate surface area is 855 Å². The molecule has 0 spiro atoms. The summed E-state index contributed by atoms with van der Waals surface area (Å²) in [7, 11) is 0. The molecule has 0 bridgehead atoms. The summed E-state index contributed by atoms with van der Waals surface area (Å²) in [6, 6.07) is 91.3. The van der Waals surface area contributed by atoms with Crippen LogP contribution in [-0.4, -0.2) is 282 Å². The first-order chi connectivity index (χ1) is 72.9. The van der Waals surface area contributed by atoms with Gasteiger partial charge in [0.25, 0.3) is 0 Å². The van der Waals surface area contributed by atoms with E-state index in [-0.39, 0.29) is 97.4 Å². The Balaban J connectivity index is 0.0000000981. The molecular weight excluding hydrogens is 1900 g/mol. The molecule has 14 unspecified atom stereocenters. The summed E-state index contributed by atoms with van der Waals surface area (Å²) in [5, 5.41) is 11.2. The van der Waals surface area contributed by atoms with E-state index in [0.29, 0.717) is 117 Å². The van der Waals surface area contributed by atoms with Gasteiger partial charge in [-0.2, -0.15) is 0 Å². The second-order valence-corrected chi connectivity index (χ2v) is 37.7. The fraction of sp³-hybridized carbons (Fsp3) is 0.356. The number of ether oxygens (including phenoxy) is 28. The van der Waals surface area contributed by atoms with Gasteiger partial charge < -0.3 is 133 Å². The Morgan fingerprint density at radius 2 is 0.392 bits per heavy atom. The molecule has 0 radical (unpaired) electrons. The topological polar surface area (TPSA) is 339 Å². The van der Waals surface area contributed by atoms with Crippen LogP contribution in [0.3, 0.4) is 0 Å². The molecule has 0 aliphatic carbocycles. The molecule has 0 aromatic heterocycles. The summed E-state index contributed by atoms with van der Waals surface area (Å²) in [6.45, 7) is 19.0. The summed E-state index contributed by atoms with van der Waals surface area (Å²) in [5.41, 5.74) is 5.20. The predicted octanol–water partition coefficient (Wildman–Crippen LogP) is 17.3. The van der Waals surface area contributed by atoms with Crippen molar-refractivity contribution in [3.8, 4) is 91.2 Å². The van der Waals surface area contributed by atoms with Gasteiger partial charge in [0.05, 0.1) is 104 Å². The van der Waals surface area contributed by atoms with Gasteiger partial charge in [-0.15, -0.1) is 0 Å². The minimum absolute atomic E-state index is 0.0558. The van der Waals surface area contributed by atoms with Gasteiger partial charge in [-0.05, 0) is 199 Å². The van der Waals surface area contributed by atoms with Gasteiger partial charge in [0.1, 0.15) is 235 Å². The third kappa shape index (κ3) is 31.7. The average Bonchev–Trinajstić information content (AvgIpc) is 1.36. The minimum atomic E-state index is -0.357. The van der Waals surface area contributed by atoms with Gasteiger partial charge in [0.2, 0.25) is 0 Å². The molecule has 14 aliphatic heterocycles. The first-order valence-corrected chi connectivity index (χ1v) is 50.5. The van der Waals surface area contributed by atoms with Crippen molar-refractivity contribution in [1.29, 1.82) is 0 Å². The number of hydrogen-bond donors (Lipinski definition) is 0. The van der Waals surface area contributed by atoms with Crippen molar-refractivity contribution in [2.24, 2.45) is 0 Å². The van der Waals surface area contributed by atoms with E-state index in [0.717, 1.165) is 219 Å². The highest BCUT2D eigenvalue weighted by molar-refractivity contribution is 5.95. The zero-order chi connectivity index (χ0) is 99.5.